The van der Waals surface area contributed by atoms with Gasteiger partial charge in [0, 0.05) is 33.7 Å². The van der Waals surface area contributed by atoms with Gasteiger partial charge in [0.25, 0.3) is 0 Å². The van der Waals surface area contributed by atoms with E-state index in [2.05, 4.69) is 34.1 Å². The van der Waals surface area contributed by atoms with Crippen LogP contribution in [-0.4, -0.2) is 46.5 Å². The quantitative estimate of drug-likeness (QED) is 0.257. The molecule has 0 radical (unpaired) electrons. The SMILES string of the molecule is CN=C(NCCNS(=O)(=O)c1ccc(C)cc1)N(C)Cc1ccccc1C.I. The Kier molecular flexibility index (Phi) is 9.91. The van der Waals surface area contributed by atoms with Crippen molar-refractivity contribution in [2.45, 2.75) is 25.3 Å². The van der Waals surface area contributed by atoms with E-state index >= 15 is 0 Å². The van der Waals surface area contributed by atoms with Crippen molar-refractivity contribution in [3.63, 3.8) is 0 Å². The first-order valence-electron chi connectivity index (χ1n) is 8.86. The predicted octanol–water partition coefficient (Wildman–Crippen LogP) is 2.91. The van der Waals surface area contributed by atoms with Gasteiger partial charge >= 0.3 is 0 Å². The van der Waals surface area contributed by atoms with Crippen LogP contribution in [0.4, 0.5) is 0 Å². The largest absolute Gasteiger partial charge is 0.355 e. The van der Waals surface area contributed by atoms with Gasteiger partial charge in [-0.3, -0.25) is 4.99 Å². The predicted molar refractivity (Wildman–Crippen MR) is 126 cm³/mol. The van der Waals surface area contributed by atoms with Gasteiger partial charge < -0.3 is 10.2 Å². The summed E-state index contributed by atoms with van der Waals surface area (Å²) in [5.41, 5.74) is 3.48. The van der Waals surface area contributed by atoms with Gasteiger partial charge in [-0.15, -0.1) is 24.0 Å². The third-order valence-corrected chi connectivity index (χ3v) is 5.75. The summed E-state index contributed by atoms with van der Waals surface area (Å²) < 4.78 is 27.2. The average Bonchev–Trinajstić information content (AvgIpc) is 2.64. The Hall–Kier alpha value is -1.65. The van der Waals surface area contributed by atoms with Crippen LogP contribution in [0.3, 0.4) is 0 Å². The van der Waals surface area contributed by atoms with Gasteiger partial charge in [-0.05, 0) is 37.1 Å². The van der Waals surface area contributed by atoms with Crippen LogP contribution in [0, 0.1) is 13.8 Å². The monoisotopic (exact) mass is 516 g/mol. The summed E-state index contributed by atoms with van der Waals surface area (Å²) in [6.45, 7) is 5.44. The van der Waals surface area contributed by atoms with Crippen LogP contribution in [0.25, 0.3) is 0 Å². The molecule has 2 rings (SSSR count). The van der Waals surface area contributed by atoms with Gasteiger partial charge in [0.1, 0.15) is 0 Å². The average molecular weight is 516 g/mol. The molecule has 0 saturated heterocycles. The lowest BCUT2D eigenvalue weighted by Crippen LogP contribution is -2.42. The highest BCUT2D eigenvalue weighted by molar-refractivity contribution is 14.0. The fourth-order valence-corrected chi connectivity index (χ4v) is 3.69. The van der Waals surface area contributed by atoms with Crippen molar-refractivity contribution in [1.29, 1.82) is 0 Å². The molecule has 0 aromatic heterocycles. The van der Waals surface area contributed by atoms with Crippen LogP contribution in [0.15, 0.2) is 58.4 Å². The fraction of sp³-hybridized carbons (Fsp3) is 0.350. The van der Waals surface area contributed by atoms with Crippen LogP contribution in [-0.2, 0) is 16.6 Å². The number of aliphatic imine (C=N–C) groups is 1. The minimum atomic E-state index is -3.50. The van der Waals surface area contributed by atoms with Crippen LogP contribution in [0.5, 0.6) is 0 Å². The molecule has 0 fully saturated rings. The standard InChI is InChI=1S/C20H28N4O2S.HI/c1-16-9-11-19(12-10-16)27(25,26)23-14-13-22-20(21-3)24(4)15-18-8-6-5-7-17(18)2;/h5-12,23H,13-15H2,1-4H3,(H,21,22);1H. The van der Waals surface area contributed by atoms with Gasteiger partial charge in [-0.1, -0.05) is 42.0 Å². The second-order valence-corrected chi connectivity index (χ2v) is 8.23. The molecule has 0 saturated carbocycles. The third kappa shape index (κ3) is 7.06. The molecule has 0 amide bonds. The Morgan fingerprint density at radius 3 is 2.29 bits per heavy atom. The molecular formula is C20H29IN4O2S. The van der Waals surface area contributed by atoms with E-state index in [9.17, 15) is 8.42 Å². The first kappa shape index (κ1) is 24.4. The fourth-order valence-electron chi connectivity index (χ4n) is 2.66. The van der Waals surface area contributed by atoms with Crippen molar-refractivity contribution in [3.05, 3.63) is 65.2 Å². The maximum atomic E-state index is 12.3. The Labute approximate surface area is 185 Å². The van der Waals surface area contributed by atoms with Crippen molar-refractivity contribution < 1.29 is 8.42 Å². The highest BCUT2D eigenvalue weighted by atomic mass is 127. The lowest BCUT2D eigenvalue weighted by atomic mass is 10.1. The Bertz CT molecular complexity index is 883. The number of benzene rings is 2. The summed E-state index contributed by atoms with van der Waals surface area (Å²) in [4.78, 5) is 6.55. The van der Waals surface area contributed by atoms with E-state index < -0.39 is 10.0 Å². The smallest absolute Gasteiger partial charge is 0.240 e. The molecule has 0 aliphatic carbocycles. The summed E-state index contributed by atoms with van der Waals surface area (Å²) in [6, 6.07) is 15.0. The van der Waals surface area contributed by atoms with E-state index in [-0.39, 0.29) is 35.4 Å². The number of halogens is 1. The Balaban J connectivity index is 0.00000392. The van der Waals surface area contributed by atoms with E-state index in [0.29, 0.717) is 12.5 Å². The number of hydrogen-bond acceptors (Lipinski definition) is 3. The van der Waals surface area contributed by atoms with Crippen molar-refractivity contribution in [1.82, 2.24) is 14.9 Å². The van der Waals surface area contributed by atoms with Gasteiger partial charge in [0.15, 0.2) is 5.96 Å². The molecule has 0 atom stereocenters. The zero-order valence-electron chi connectivity index (χ0n) is 16.8. The molecule has 2 aromatic rings. The minimum Gasteiger partial charge on any atom is -0.355 e. The zero-order chi connectivity index (χ0) is 19.9. The Morgan fingerprint density at radius 1 is 1.04 bits per heavy atom. The van der Waals surface area contributed by atoms with Crippen LogP contribution in [0.2, 0.25) is 0 Å². The van der Waals surface area contributed by atoms with Crippen LogP contribution < -0.4 is 10.0 Å². The molecule has 2 N–H and O–H groups in total. The van der Waals surface area contributed by atoms with Crippen molar-refractivity contribution in [2.24, 2.45) is 4.99 Å². The number of nitrogens with zero attached hydrogens (tertiary/aromatic N) is 2. The number of sulfonamides is 1. The Morgan fingerprint density at radius 2 is 1.68 bits per heavy atom. The second kappa shape index (κ2) is 11.4. The van der Waals surface area contributed by atoms with E-state index in [0.717, 1.165) is 12.1 Å². The molecule has 0 aliphatic heterocycles. The number of hydrogen-bond donors (Lipinski definition) is 2. The molecule has 6 nitrogen and oxygen atoms in total. The molecule has 0 unspecified atom stereocenters. The number of aryl methyl sites for hydroxylation is 2. The number of guanidine groups is 1. The van der Waals surface area contributed by atoms with Crippen LogP contribution in [0.1, 0.15) is 16.7 Å². The first-order chi connectivity index (χ1) is 12.8. The summed E-state index contributed by atoms with van der Waals surface area (Å²) in [7, 11) is 0.172. The van der Waals surface area contributed by atoms with E-state index in [1.165, 1.54) is 11.1 Å². The van der Waals surface area contributed by atoms with Gasteiger partial charge in [-0.25, -0.2) is 13.1 Å². The molecule has 2 aromatic carbocycles. The molecule has 0 bridgehead atoms. The van der Waals surface area contributed by atoms with Crippen molar-refractivity contribution >= 4 is 40.0 Å². The van der Waals surface area contributed by atoms with Gasteiger partial charge in [0.05, 0.1) is 4.90 Å². The third-order valence-electron chi connectivity index (χ3n) is 4.27. The highest BCUT2D eigenvalue weighted by Gasteiger charge is 2.13. The number of nitrogens with one attached hydrogen (secondary N) is 2. The zero-order valence-corrected chi connectivity index (χ0v) is 19.9. The lowest BCUT2D eigenvalue weighted by Gasteiger charge is -2.23. The van der Waals surface area contributed by atoms with E-state index in [1.54, 1.807) is 31.3 Å². The van der Waals surface area contributed by atoms with Crippen LogP contribution >= 0.6 is 24.0 Å². The molecule has 8 heteroatoms. The summed E-state index contributed by atoms with van der Waals surface area (Å²) >= 11 is 0. The van der Waals surface area contributed by atoms with Crippen molar-refractivity contribution in [3.8, 4) is 0 Å². The summed E-state index contributed by atoms with van der Waals surface area (Å²) in [5, 5.41) is 3.19. The minimum absolute atomic E-state index is 0. The maximum Gasteiger partial charge on any atom is 0.240 e. The van der Waals surface area contributed by atoms with Gasteiger partial charge in [0.2, 0.25) is 10.0 Å². The summed E-state index contributed by atoms with van der Waals surface area (Å²) in [6.07, 6.45) is 0. The second-order valence-electron chi connectivity index (χ2n) is 6.47. The lowest BCUT2D eigenvalue weighted by molar-refractivity contribution is 0.475. The molecular weight excluding hydrogens is 487 g/mol. The summed E-state index contributed by atoms with van der Waals surface area (Å²) in [5.74, 6) is 0.716. The first-order valence-corrected chi connectivity index (χ1v) is 10.3. The highest BCUT2D eigenvalue weighted by Crippen LogP contribution is 2.10. The number of rotatable bonds is 7. The topological polar surface area (TPSA) is 73.8 Å². The molecule has 154 valence electrons. The van der Waals surface area contributed by atoms with E-state index in [1.807, 2.05) is 31.0 Å². The molecule has 0 aliphatic rings. The van der Waals surface area contributed by atoms with Crippen molar-refractivity contribution in [2.75, 3.05) is 27.2 Å². The van der Waals surface area contributed by atoms with Gasteiger partial charge in [-0.2, -0.15) is 0 Å². The molecule has 0 heterocycles. The van der Waals surface area contributed by atoms with E-state index in [4.69, 9.17) is 0 Å². The molecule has 0 spiro atoms. The molecule has 28 heavy (non-hydrogen) atoms. The maximum absolute atomic E-state index is 12.3. The normalized spacial score (nSPS) is 11.6.